The van der Waals surface area contributed by atoms with Crippen molar-refractivity contribution in [1.29, 1.82) is 0 Å². The number of aromatic nitrogens is 1. The zero-order chi connectivity index (χ0) is 15.4. The van der Waals surface area contributed by atoms with E-state index in [1.54, 1.807) is 29.0 Å². The zero-order valence-corrected chi connectivity index (χ0v) is 13.2. The third-order valence-corrected chi connectivity index (χ3v) is 4.88. The molecular formula is C17H20N2O2S. The topological polar surface area (TPSA) is 62.2 Å². The van der Waals surface area contributed by atoms with E-state index in [1.807, 2.05) is 17.5 Å². The average molecular weight is 316 g/mol. The number of amides is 1. The number of carbonyl (C=O) groups is 1. The van der Waals surface area contributed by atoms with Gasteiger partial charge < -0.3 is 10.4 Å². The van der Waals surface area contributed by atoms with Crippen molar-refractivity contribution >= 4 is 17.2 Å². The molecule has 116 valence electrons. The molecule has 2 aromatic rings. The highest BCUT2D eigenvalue weighted by Crippen LogP contribution is 2.27. The standard InChI is InChI=1S/C17H20N2O2S/c20-16(13-3-1-2-4-13)9-18-17(21)14-7-5-12(6-8-14)15-10-22-11-19-15/h5-8,10-11,13,16,20H,1-4,9H2,(H,18,21). The van der Waals surface area contributed by atoms with Crippen LogP contribution < -0.4 is 5.32 Å². The van der Waals surface area contributed by atoms with Crippen LogP contribution in [-0.4, -0.2) is 28.6 Å². The number of rotatable bonds is 5. The minimum atomic E-state index is -0.430. The van der Waals surface area contributed by atoms with E-state index in [1.165, 1.54) is 12.8 Å². The van der Waals surface area contributed by atoms with Gasteiger partial charge in [-0.15, -0.1) is 11.3 Å². The van der Waals surface area contributed by atoms with Gasteiger partial charge in [0.25, 0.3) is 5.91 Å². The first-order valence-corrected chi connectivity index (χ1v) is 8.63. The summed E-state index contributed by atoms with van der Waals surface area (Å²) < 4.78 is 0. The number of thiazole rings is 1. The summed E-state index contributed by atoms with van der Waals surface area (Å²) in [4.78, 5) is 16.4. The second kappa shape index (κ2) is 7.03. The Labute approximate surface area is 134 Å². The van der Waals surface area contributed by atoms with Crippen LogP contribution in [0.25, 0.3) is 11.3 Å². The van der Waals surface area contributed by atoms with Crippen LogP contribution in [0.15, 0.2) is 35.2 Å². The Morgan fingerprint density at radius 1 is 1.32 bits per heavy atom. The van der Waals surface area contributed by atoms with Gasteiger partial charge in [0.1, 0.15) is 0 Å². The fraction of sp³-hybridized carbons (Fsp3) is 0.412. The molecule has 1 saturated carbocycles. The number of benzene rings is 1. The lowest BCUT2D eigenvalue weighted by Gasteiger charge is -2.18. The van der Waals surface area contributed by atoms with Gasteiger partial charge in [-0.25, -0.2) is 4.98 Å². The molecule has 1 unspecified atom stereocenters. The molecule has 0 saturated heterocycles. The van der Waals surface area contributed by atoms with Crippen LogP contribution in [0, 0.1) is 5.92 Å². The van der Waals surface area contributed by atoms with E-state index < -0.39 is 6.10 Å². The Hall–Kier alpha value is -1.72. The fourth-order valence-electron chi connectivity index (χ4n) is 2.96. The lowest BCUT2D eigenvalue weighted by molar-refractivity contribution is 0.0840. The van der Waals surface area contributed by atoms with Gasteiger partial charge in [0.05, 0.1) is 17.3 Å². The highest BCUT2D eigenvalue weighted by Gasteiger charge is 2.23. The predicted octanol–water partition coefficient (Wildman–Crippen LogP) is 3.09. The Morgan fingerprint density at radius 3 is 2.68 bits per heavy atom. The van der Waals surface area contributed by atoms with Crippen LogP contribution in [0.4, 0.5) is 0 Å². The second-order valence-corrected chi connectivity index (χ2v) is 6.49. The summed E-state index contributed by atoms with van der Waals surface area (Å²) in [6, 6.07) is 7.40. The highest BCUT2D eigenvalue weighted by molar-refractivity contribution is 7.07. The van der Waals surface area contributed by atoms with E-state index in [0.717, 1.165) is 24.1 Å². The van der Waals surface area contributed by atoms with E-state index in [-0.39, 0.29) is 5.91 Å². The van der Waals surface area contributed by atoms with Crippen molar-refractivity contribution in [3.05, 3.63) is 40.7 Å². The first kappa shape index (κ1) is 15.2. The van der Waals surface area contributed by atoms with Crippen molar-refractivity contribution in [2.75, 3.05) is 6.54 Å². The second-order valence-electron chi connectivity index (χ2n) is 5.77. The summed E-state index contributed by atoms with van der Waals surface area (Å²) in [5.41, 5.74) is 4.33. The van der Waals surface area contributed by atoms with Crippen molar-refractivity contribution < 1.29 is 9.90 Å². The molecule has 4 nitrogen and oxygen atoms in total. The lowest BCUT2D eigenvalue weighted by Crippen LogP contribution is -2.35. The van der Waals surface area contributed by atoms with E-state index in [4.69, 9.17) is 0 Å². The minimum Gasteiger partial charge on any atom is -0.391 e. The number of hydrogen-bond donors (Lipinski definition) is 2. The molecular weight excluding hydrogens is 296 g/mol. The molecule has 1 amide bonds. The Morgan fingerprint density at radius 2 is 2.05 bits per heavy atom. The molecule has 0 radical (unpaired) electrons. The third kappa shape index (κ3) is 3.54. The molecule has 1 atom stereocenters. The molecule has 1 aliphatic carbocycles. The molecule has 0 aliphatic heterocycles. The van der Waals surface area contributed by atoms with Crippen LogP contribution in [0.5, 0.6) is 0 Å². The van der Waals surface area contributed by atoms with E-state index in [0.29, 0.717) is 18.0 Å². The van der Waals surface area contributed by atoms with Gasteiger partial charge in [0.2, 0.25) is 0 Å². The van der Waals surface area contributed by atoms with Crippen LogP contribution in [0.1, 0.15) is 36.0 Å². The number of nitrogens with zero attached hydrogens (tertiary/aromatic N) is 1. The van der Waals surface area contributed by atoms with E-state index >= 15 is 0 Å². The Bertz CT molecular complexity index is 604. The number of aliphatic hydroxyl groups is 1. The van der Waals surface area contributed by atoms with E-state index in [2.05, 4.69) is 10.3 Å². The van der Waals surface area contributed by atoms with Gasteiger partial charge in [-0.1, -0.05) is 25.0 Å². The summed E-state index contributed by atoms with van der Waals surface area (Å²) in [6.07, 6.45) is 4.08. The highest BCUT2D eigenvalue weighted by atomic mass is 32.1. The Balaban J connectivity index is 1.55. The van der Waals surface area contributed by atoms with Crippen molar-refractivity contribution in [3.8, 4) is 11.3 Å². The van der Waals surface area contributed by atoms with Crippen LogP contribution in [-0.2, 0) is 0 Å². The molecule has 0 spiro atoms. The van der Waals surface area contributed by atoms with Crippen molar-refractivity contribution in [2.24, 2.45) is 5.92 Å². The molecule has 1 heterocycles. The summed E-state index contributed by atoms with van der Waals surface area (Å²) in [7, 11) is 0. The normalized spacial score (nSPS) is 16.6. The maximum absolute atomic E-state index is 12.1. The number of carbonyl (C=O) groups excluding carboxylic acids is 1. The van der Waals surface area contributed by atoms with Crippen LogP contribution >= 0.6 is 11.3 Å². The van der Waals surface area contributed by atoms with Gasteiger partial charge in [-0.2, -0.15) is 0 Å². The summed E-state index contributed by atoms with van der Waals surface area (Å²) in [6.45, 7) is 0.331. The molecule has 1 aromatic carbocycles. The molecule has 22 heavy (non-hydrogen) atoms. The van der Waals surface area contributed by atoms with Crippen molar-refractivity contribution in [1.82, 2.24) is 10.3 Å². The maximum Gasteiger partial charge on any atom is 0.251 e. The molecule has 5 heteroatoms. The largest absolute Gasteiger partial charge is 0.391 e. The maximum atomic E-state index is 12.1. The van der Waals surface area contributed by atoms with Crippen molar-refractivity contribution in [2.45, 2.75) is 31.8 Å². The molecule has 3 rings (SSSR count). The van der Waals surface area contributed by atoms with Crippen LogP contribution in [0.2, 0.25) is 0 Å². The molecule has 0 bridgehead atoms. The average Bonchev–Trinajstić information content (AvgIpc) is 3.25. The third-order valence-electron chi connectivity index (χ3n) is 4.29. The smallest absolute Gasteiger partial charge is 0.251 e. The van der Waals surface area contributed by atoms with Gasteiger partial charge in [0, 0.05) is 23.1 Å². The number of aliphatic hydroxyl groups excluding tert-OH is 1. The monoisotopic (exact) mass is 316 g/mol. The molecule has 1 fully saturated rings. The quantitative estimate of drug-likeness (QED) is 0.891. The number of nitrogens with one attached hydrogen (secondary N) is 1. The van der Waals surface area contributed by atoms with Crippen LogP contribution in [0.3, 0.4) is 0 Å². The SMILES string of the molecule is O=C(NCC(O)C1CCCC1)c1ccc(-c2cscn2)cc1. The zero-order valence-electron chi connectivity index (χ0n) is 12.4. The number of hydrogen-bond acceptors (Lipinski definition) is 4. The Kier molecular flexibility index (Phi) is 4.85. The summed E-state index contributed by atoms with van der Waals surface area (Å²) in [5.74, 6) is 0.203. The molecule has 2 N–H and O–H groups in total. The van der Waals surface area contributed by atoms with Gasteiger partial charge in [-0.05, 0) is 30.9 Å². The summed E-state index contributed by atoms with van der Waals surface area (Å²) >= 11 is 1.55. The molecule has 1 aliphatic rings. The van der Waals surface area contributed by atoms with Gasteiger partial charge in [0.15, 0.2) is 0 Å². The first-order chi connectivity index (χ1) is 10.7. The van der Waals surface area contributed by atoms with Gasteiger partial charge >= 0.3 is 0 Å². The van der Waals surface area contributed by atoms with Crippen molar-refractivity contribution in [3.63, 3.8) is 0 Å². The minimum absolute atomic E-state index is 0.137. The fourth-order valence-corrected chi connectivity index (χ4v) is 3.52. The van der Waals surface area contributed by atoms with E-state index in [9.17, 15) is 9.90 Å². The lowest BCUT2D eigenvalue weighted by atomic mass is 10.0. The first-order valence-electron chi connectivity index (χ1n) is 7.69. The van der Waals surface area contributed by atoms with Gasteiger partial charge in [-0.3, -0.25) is 4.79 Å². The summed E-state index contributed by atoms with van der Waals surface area (Å²) in [5, 5.41) is 14.9. The predicted molar refractivity (Wildman–Crippen MR) is 87.8 cm³/mol. The molecule has 1 aromatic heterocycles.